The first-order valence-electron chi connectivity index (χ1n) is 7.41. The Morgan fingerprint density at radius 3 is 2.54 bits per heavy atom. The maximum atomic E-state index is 12.2. The number of carbonyl (C=O) groups excluding carboxylic acids is 1. The average Bonchev–Trinajstić information content (AvgIpc) is 2.85. The third kappa shape index (κ3) is 4.68. The monoisotopic (exact) mass is 375 g/mol. The van der Waals surface area contributed by atoms with E-state index in [0.717, 1.165) is 4.90 Å². The normalized spacial score (nSPS) is 20.8. The van der Waals surface area contributed by atoms with Crippen LogP contribution in [0, 0.1) is 0 Å². The predicted molar refractivity (Wildman–Crippen MR) is 89.9 cm³/mol. The third-order valence-electron chi connectivity index (χ3n) is 3.36. The molecule has 1 amide bonds. The number of carboxylic acids is 1. The quantitative estimate of drug-likeness (QED) is 0.868. The average molecular weight is 376 g/mol. The molecule has 0 saturated carbocycles. The molecule has 8 heteroatoms. The van der Waals surface area contributed by atoms with Gasteiger partial charge in [-0.25, -0.2) is 9.59 Å². The molecule has 6 nitrogen and oxygen atoms in total. The summed E-state index contributed by atoms with van der Waals surface area (Å²) >= 11 is 12.0. The minimum Gasteiger partial charge on any atom is -0.487 e. The van der Waals surface area contributed by atoms with Crippen molar-refractivity contribution in [1.82, 2.24) is 4.90 Å². The Labute approximate surface area is 150 Å². The van der Waals surface area contributed by atoms with Gasteiger partial charge in [0, 0.05) is 17.5 Å². The molecule has 0 aliphatic carbocycles. The number of nitrogens with zero attached hydrogens (tertiary/aromatic N) is 1. The van der Waals surface area contributed by atoms with Crippen LogP contribution in [-0.2, 0) is 9.53 Å². The highest BCUT2D eigenvalue weighted by molar-refractivity contribution is 6.34. The van der Waals surface area contributed by atoms with Gasteiger partial charge in [0.25, 0.3) is 0 Å². The van der Waals surface area contributed by atoms with Crippen molar-refractivity contribution in [2.45, 2.75) is 44.9 Å². The SMILES string of the molecule is CC(C)(C)OC(=O)N1CC(Oc2cc(Cl)ccc2Cl)CC1C(=O)O. The zero-order chi connectivity index (χ0) is 18.1. The van der Waals surface area contributed by atoms with Crippen LogP contribution < -0.4 is 4.74 Å². The van der Waals surface area contributed by atoms with E-state index in [0.29, 0.717) is 15.8 Å². The highest BCUT2D eigenvalue weighted by atomic mass is 35.5. The van der Waals surface area contributed by atoms with Crippen LogP contribution in [0.15, 0.2) is 18.2 Å². The molecule has 1 saturated heterocycles. The molecule has 0 bridgehead atoms. The fraction of sp³-hybridized carbons (Fsp3) is 0.500. The second-order valence-corrected chi connectivity index (χ2v) is 7.38. The van der Waals surface area contributed by atoms with Crippen LogP contribution in [0.2, 0.25) is 10.0 Å². The van der Waals surface area contributed by atoms with Crippen LogP contribution in [0.1, 0.15) is 27.2 Å². The lowest BCUT2D eigenvalue weighted by atomic mass is 10.2. The molecule has 24 heavy (non-hydrogen) atoms. The summed E-state index contributed by atoms with van der Waals surface area (Å²) in [5, 5.41) is 10.2. The summed E-state index contributed by atoms with van der Waals surface area (Å²) in [4.78, 5) is 24.8. The summed E-state index contributed by atoms with van der Waals surface area (Å²) in [6, 6.07) is 3.76. The summed E-state index contributed by atoms with van der Waals surface area (Å²) in [6.45, 7) is 5.25. The fourth-order valence-electron chi connectivity index (χ4n) is 2.39. The molecule has 0 aromatic heterocycles. The number of ether oxygens (including phenoxy) is 2. The molecule has 1 aliphatic rings. The summed E-state index contributed by atoms with van der Waals surface area (Å²) in [7, 11) is 0. The van der Waals surface area contributed by atoms with Gasteiger partial charge in [-0.3, -0.25) is 4.90 Å². The van der Waals surface area contributed by atoms with Crippen LogP contribution >= 0.6 is 23.2 Å². The first kappa shape index (κ1) is 18.7. The molecule has 0 radical (unpaired) electrons. The van der Waals surface area contributed by atoms with Gasteiger partial charge in [-0.05, 0) is 32.9 Å². The topological polar surface area (TPSA) is 76.1 Å². The second kappa shape index (κ2) is 7.07. The van der Waals surface area contributed by atoms with E-state index in [1.54, 1.807) is 39.0 Å². The van der Waals surface area contributed by atoms with Gasteiger partial charge in [-0.15, -0.1) is 0 Å². The van der Waals surface area contributed by atoms with Crippen LogP contribution in [-0.4, -0.2) is 46.4 Å². The standard InChI is InChI=1S/C16H19Cl2NO5/c1-16(2,3)24-15(22)19-8-10(7-12(19)14(20)21)23-13-6-9(17)4-5-11(13)18/h4-6,10,12H,7-8H2,1-3H3,(H,20,21). The molecular weight excluding hydrogens is 357 g/mol. The van der Waals surface area contributed by atoms with E-state index in [2.05, 4.69) is 0 Å². The predicted octanol–water partition coefficient (Wildman–Crippen LogP) is 3.83. The summed E-state index contributed by atoms with van der Waals surface area (Å²) in [5.74, 6) is -0.756. The zero-order valence-electron chi connectivity index (χ0n) is 13.6. The van der Waals surface area contributed by atoms with Gasteiger partial charge < -0.3 is 14.6 Å². The summed E-state index contributed by atoms with van der Waals surface area (Å²) in [5.41, 5.74) is -0.713. The molecule has 2 unspecified atom stereocenters. The molecule has 1 heterocycles. The van der Waals surface area contributed by atoms with E-state index in [1.807, 2.05) is 0 Å². The Balaban J connectivity index is 2.13. The van der Waals surface area contributed by atoms with Crippen LogP contribution in [0.3, 0.4) is 0 Å². The Kier molecular flexibility index (Phi) is 5.50. The first-order chi connectivity index (χ1) is 11.1. The number of carbonyl (C=O) groups is 2. The molecule has 1 N–H and O–H groups in total. The molecule has 1 aromatic rings. The lowest BCUT2D eigenvalue weighted by Crippen LogP contribution is -2.43. The van der Waals surface area contributed by atoms with Crippen molar-refractivity contribution in [2.24, 2.45) is 0 Å². The van der Waals surface area contributed by atoms with Crippen molar-refractivity contribution in [3.8, 4) is 5.75 Å². The molecule has 132 valence electrons. The Bertz CT molecular complexity index is 644. The number of benzene rings is 1. The van der Waals surface area contributed by atoms with E-state index >= 15 is 0 Å². The number of hydrogen-bond donors (Lipinski definition) is 1. The van der Waals surface area contributed by atoms with Gasteiger partial charge in [-0.2, -0.15) is 0 Å². The minimum atomic E-state index is -1.11. The van der Waals surface area contributed by atoms with Crippen molar-refractivity contribution in [1.29, 1.82) is 0 Å². The molecule has 1 fully saturated rings. The lowest BCUT2D eigenvalue weighted by Gasteiger charge is -2.26. The maximum Gasteiger partial charge on any atom is 0.411 e. The maximum absolute atomic E-state index is 12.2. The van der Waals surface area contributed by atoms with Crippen molar-refractivity contribution in [2.75, 3.05) is 6.54 Å². The lowest BCUT2D eigenvalue weighted by molar-refractivity contribution is -0.142. The van der Waals surface area contributed by atoms with Gasteiger partial charge in [0.15, 0.2) is 0 Å². The molecule has 0 spiro atoms. The van der Waals surface area contributed by atoms with Gasteiger partial charge in [0.05, 0.1) is 11.6 Å². The number of hydrogen-bond acceptors (Lipinski definition) is 4. The molecule has 1 aliphatic heterocycles. The Morgan fingerprint density at radius 2 is 1.96 bits per heavy atom. The minimum absolute atomic E-state index is 0.0920. The van der Waals surface area contributed by atoms with Gasteiger partial charge >= 0.3 is 12.1 Å². The first-order valence-corrected chi connectivity index (χ1v) is 8.16. The fourth-order valence-corrected chi connectivity index (χ4v) is 2.71. The Morgan fingerprint density at radius 1 is 1.29 bits per heavy atom. The van der Waals surface area contributed by atoms with Gasteiger partial charge in [0.1, 0.15) is 23.5 Å². The molecule has 2 atom stereocenters. The number of rotatable bonds is 3. The van der Waals surface area contributed by atoms with Crippen molar-refractivity contribution < 1.29 is 24.2 Å². The van der Waals surface area contributed by atoms with Gasteiger partial charge in [-0.1, -0.05) is 23.2 Å². The summed E-state index contributed by atoms with van der Waals surface area (Å²) in [6.07, 6.45) is -1.06. The number of likely N-dealkylation sites (tertiary alicyclic amines) is 1. The van der Waals surface area contributed by atoms with Crippen molar-refractivity contribution in [3.05, 3.63) is 28.2 Å². The van der Waals surface area contributed by atoms with E-state index in [1.165, 1.54) is 0 Å². The van der Waals surface area contributed by atoms with Crippen LogP contribution in [0.25, 0.3) is 0 Å². The highest BCUT2D eigenvalue weighted by Crippen LogP contribution is 2.31. The number of halogens is 2. The zero-order valence-corrected chi connectivity index (χ0v) is 15.1. The van der Waals surface area contributed by atoms with Crippen LogP contribution in [0.4, 0.5) is 4.79 Å². The smallest absolute Gasteiger partial charge is 0.411 e. The van der Waals surface area contributed by atoms with Crippen molar-refractivity contribution >= 4 is 35.3 Å². The summed E-state index contributed by atoms with van der Waals surface area (Å²) < 4.78 is 11.0. The van der Waals surface area contributed by atoms with E-state index in [9.17, 15) is 14.7 Å². The van der Waals surface area contributed by atoms with E-state index < -0.39 is 29.8 Å². The molecule has 1 aromatic carbocycles. The number of amides is 1. The van der Waals surface area contributed by atoms with E-state index in [4.69, 9.17) is 32.7 Å². The third-order valence-corrected chi connectivity index (χ3v) is 3.91. The second-order valence-electron chi connectivity index (χ2n) is 6.54. The molecule has 2 rings (SSSR count). The Hall–Kier alpha value is -1.66. The van der Waals surface area contributed by atoms with Gasteiger partial charge in [0.2, 0.25) is 0 Å². The highest BCUT2D eigenvalue weighted by Gasteiger charge is 2.42. The molecular formula is C16H19Cl2NO5. The van der Waals surface area contributed by atoms with E-state index in [-0.39, 0.29) is 13.0 Å². The number of aliphatic carboxylic acids is 1. The van der Waals surface area contributed by atoms with Crippen LogP contribution in [0.5, 0.6) is 5.75 Å². The number of carboxylic acid groups (broad SMARTS) is 1. The largest absolute Gasteiger partial charge is 0.487 e. The van der Waals surface area contributed by atoms with Crippen molar-refractivity contribution in [3.63, 3.8) is 0 Å².